The maximum Gasteiger partial charge on any atom is 0.280 e. The average Bonchev–Trinajstić information content (AvgIpc) is 2.84. The van der Waals surface area contributed by atoms with Crippen LogP contribution in [0.15, 0.2) is 58.4 Å². The molecule has 0 saturated heterocycles. The summed E-state index contributed by atoms with van der Waals surface area (Å²) in [5, 5.41) is 0. The van der Waals surface area contributed by atoms with Gasteiger partial charge in [0.15, 0.2) is 4.80 Å². The minimum atomic E-state index is -0.192. The fourth-order valence-electron chi connectivity index (χ4n) is 2.16. The minimum Gasteiger partial charge on any atom is -0.319 e. The molecule has 0 radical (unpaired) electrons. The topological polar surface area (TPSA) is 34.4 Å². The zero-order valence-electron chi connectivity index (χ0n) is 11.7. The van der Waals surface area contributed by atoms with Gasteiger partial charge in [-0.3, -0.25) is 4.79 Å². The fraction of sp³-hybridized carbons (Fsp3) is 0.125. The monoisotopic (exact) mass is 314 g/mol. The molecule has 2 aromatic carbocycles. The first-order valence-corrected chi connectivity index (χ1v) is 8.51. The summed E-state index contributed by atoms with van der Waals surface area (Å²) in [7, 11) is 1.94. The number of carbonyl (C=O) groups is 1. The number of hydrogen-bond donors (Lipinski definition) is 0. The van der Waals surface area contributed by atoms with E-state index in [9.17, 15) is 4.79 Å². The van der Waals surface area contributed by atoms with Crippen molar-refractivity contribution in [2.45, 2.75) is 4.90 Å². The van der Waals surface area contributed by atoms with Gasteiger partial charge in [-0.15, -0.1) is 11.8 Å². The van der Waals surface area contributed by atoms with Gasteiger partial charge >= 0.3 is 0 Å². The molecule has 1 aromatic heterocycles. The number of benzene rings is 2. The Balaban J connectivity index is 2.11. The number of thioether (sulfide) groups is 1. The standard InChI is InChI=1S/C16H14N2OS2/c1-18-12-8-4-6-10-14(12)21-16(18)17-15(19)11-7-3-5-9-13(11)20-2/h3-10H,1-2H3. The Labute approximate surface area is 131 Å². The van der Waals surface area contributed by atoms with Gasteiger partial charge in [-0.1, -0.05) is 35.6 Å². The normalized spacial score (nSPS) is 12.0. The Morgan fingerprint density at radius 1 is 1.14 bits per heavy atom. The molecule has 1 amide bonds. The molecule has 0 aliphatic rings. The summed E-state index contributed by atoms with van der Waals surface area (Å²) in [6.45, 7) is 0. The number of fused-ring (bicyclic) bond motifs is 1. The van der Waals surface area contributed by atoms with Crippen molar-refractivity contribution in [3.8, 4) is 0 Å². The van der Waals surface area contributed by atoms with Crippen LogP contribution in [0, 0.1) is 0 Å². The number of para-hydroxylation sites is 1. The van der Waals surface area contributed by atoms with Crippen LogP contribution in [0.5, 0.6) is 0 Å². The highest BCUT2D eigenvalue weighted by Crippen LogP contribution is 2.21. The SMILES string of the molecule is CSc1ccccc1C(=O)N=c1sc2ccccc2n1C. The lowest BCUT2D eigenvalue weighted by Gasteiger charge is -2.01. The van der Waals surface area contributed by atoms with Crippen LogP contribution in [0.1, 0.15) is 10.4 Å². The van der Waals surface area contributed by atoms with Gasteiger partial charge in [0, 0.05) is 11.9 Å². The number of aryl methyl sites for hydroxylation is 1. The maximum absolute atomic E-state index is 12.4. The molecule has 3 nitrogen and oxygen atoms in total. The lowest BCUT2D eigenvalue weighted by atomic mass is 10.2. The van der Waals surface area contributed by atoms with Gasteiger partial charge in [-0.05, 0) is 30.5 Å². The molecule has 21 heavy (non-hydrogen) atoms. The summed E-state index contributed by atoms with van der Waals surface area (Å²) in [6.07, 6.45) is 1.96. The van der Waals surface area contributed by atoms with Crippen LogP contribution in [0.2, 0.25) is 0 Å². The molecule has 0 fully saturated rings. The van der Waals surface area contributed by atoms with Crippen molar-refractivity contribution in [3.05, 3.63) is 58.9 Å². The number of amides is 1. The van der Waals surface area contributed by atoms with Crippen molar-refractivity contribution in [1.29, 1.82) is 0 Å². The second-order valence-electron chi connectivity index (χ2n) is 4.53. The molecule has 106 valence electrons. The molecule has 1 heterocycles. The Bertz CT molecular complexity index is 877. The number of rotatable bonds is 2. The van der Waals surface area contributed by atoms with E-state index in [-0.39, 0.29) is 5.91 Å². The van der Waals surface area contributed by atoms with Gasteiger partial charge in [-0.2, -0.15) is 4.99 Å². The highest BCUT2D eigenvalue weighted by atomic mass is 32.2. The quantitative estimate of drug-likeness (QED) is 0.676. The predicted octanol–water partition coefficient (Wildman–Crippen LogP) is 3.70. The van der Waals surface area contributed by atoms with Gasteiger partial charge in [0.1, 0.15) is 0 Å². The van der Waals surface area contributed by atoms with Crippen LogP contribution in [-0.2, 0) is 7.05 Å². The Kier molecular flexibility index (Phi) is 3.94. The van der Waals surface area contributed by atoms with E-state index < -0.39 is 0 Å². The first-order chi connectivity index (χ1) is 10.2. The molecule has 0 atom stereocenters. The summed E-state index contributed by atoms with van der Waals surface area (Å²) >= 11 is 3.09. The summed E-state index contributed by atoms with van der Waals surface area (Å²) in [6, 6.07) is 15.6. The number of carbonyl (C=O) groups excluding carboxylic acids is 1. The van der Waals surface area contributed by atoms with Gasteiger partial charge in [0.2, 0.25) is 0 Å². The van der Waals surface area contributed by atoms with E-state index in [1.165, 1.54) is 11.3 Å². The molecule has 0 saturated carbocycles. The smallest absolute Gasteiger partial charge is 0.280 e. The second kappa shape index (κ2) is 5.87. The number of nitrogens with zero attached hydrogens (tertiary/aromatic N) is 2. The summed E-state index contributed by atoms with van der Waals surface area (Å²) in [4.78, 5) is 18.4. The Morgan fingerprint density at radius 3 is 2.62 bits per heavy atom. The van der Waals surface area contributed by atoms with Crippen molar-refractivity contribution in [3.63, 3.8) is 0 Å². The predicted molar refractivity (Wildman–Crippen MR) is 88.9 cm³/mol. The van der Waals surface area contributed by atoms with Gasteiger partial charge in [0.05, 0.1) is 15.8 Å². The third kappa shape index (κ3) is 2.66. The van der Waals surface area contributed by atoms with Crippen LogP contribution in [0.4, 0.5) is 0 Å². The molecule has 3 rings (SSSR count). The van der Waals surface area contributed by atoms with E-state index >= 15 is 0 Å². The fourth-order valence-corrected chi connectivity index (χ4v) is 3.76. The molecule has 0 aliphatic heterocycles. The van der Waals surface area contributed by atoms with E-state index in [1.807, 2.05) is 66.4 Å². The summed E-state index contributed by atoms with van der Waals surface area (Å²) < 4.78 is 3.09. The van der Waals surface area contributed by atoms with Crippen molar-refractivity contribution >= 4 is 39.2 Å². The Hall–Kier alpha value is -1.85. The summed E-state index contributed by atoms with van der Waals surface area (Å²) in [5.74, 6) is -0.192. The molecule has 0 spiro atoms. The maximum atomic E-state index is 12.4. The lowest BCUT2D eigenvalue weighted by Crippen LogP contribution is -2.13. The van der Waals surface area contributed by atoms with Crippen molar-refractivity contribution in [2.75, 3.05) is 6.26 Å². The van der Waals surface area contributed by atoms with Crippen LogP contribution >= 0.6 is 23.1 Å². The van der Waals surface area contributed by atoms with Crippen molar-refractivity contribution in [2.24, 2.45) is 12.0 Å². The molecule has 5 heteroatoms. The largest absolute Gasteiger partial charge is 0.319 e. The molecule has 0 bridgehead atoms. The molecule has 0 N–H and O–H groups in total. The molecule has 0 aliphatic carbocycles. The average molecular weight is 314 g/mol. The van der Waals surface area contributed by atoms with E-state index in [2.05, 4.69) is 4.99 Å². The van der Waals surface area contributed by atoms with Gasteiger partial charge in [0.25, 0.3) is 5.91 Å². The zero-order chi connectivity index (χ0) is 14.8. The second-order valence-corrected chi connectivity index (χ2v) is 6.39. The molecular formula is C16H14N2OS2. The van der Waals surface area contributed by atoms with E-state index in [0.717, 1.165) is 19.9 Å². The van der Waals surface area contributed by atoms with Gasteiger partial charge in [-0.25, -0.2) is 0 Å². The third-order valence-corrected chi connectivity index (χ3v) is 5.16. The highest BCUT2D eigenvalue weighted by molar-refractivity contribution is 7.98. The van der Waals surface area contributed by atoms with Crippen LogP contribution in [0.25, 0.3) is 10.2 Å². The van der Waals surface area contributed by atoms with E-state index in [0.29, 0.717) is 5.56 Å². The molecule has 0 unspecified atom stereocenters. The minimum absolute atomic E-state index is 0.192. The van der Waals surface area contributed by atoms with Crippen LogP contribution in [-0.4, -0.2) is 16.7 Å². The Morgan fingerprint density at radius 2 is 1.86 bits per heavy atom. The van der Waals surface area contributed by atoms with E-state index in [4.69, 9.17) is 0 Å². The van der Waals surface area contributed by atoms with Crippen molar-refractivity contribution < 1.29 is 4.79 Å². The third-order valence-electron chi connectivity index (χ3n) is 3.25. The first-order valence-electron chi connectivity index (χ1n) is 6.47. The lowest BCUT2D eigenvalue weighted by molar-refractivity contribution is 0.0995. The summed E-state index contributed by atoms with van der Waals surface area (Å²) in [5.41, 5.74) is 1.75. The number of hydrogen-bond acceptors (Lipinski definition) is 3. The van der Waals surface area contributed by atoms with Crippen LogP contribution < -0.4 is 4.80 Å². The van der Waals surface area contributed by atoms with Crippen molar-refractivity contribution in [1.82, 2.24) is 4.57 Å². The van der Waals surface area contributed by atoms with E-state index in [1.54, 1.807) is 11.8 Å². The first kappa shape index (κ1) is 14.1. The molecule has 3 aromatic rings. The highest BCUT2D eigenvalue weighted by Gasteiger charge is 2.10. The van der Waals surface area contributed by atoms with Gasteiger partial charge < -0.3 is 4.57 Å². The number of aromatic nitrogens is 1. The zero-order valence-corrected chi connectivity index (χ0v) is 13.4. The molecular weight excluding hydrogens is 300 g/mol. The number of thiazole rings is 1. The van der Waals surface area contributed by atoms with Crippen LogP contribution in [0.3, 0.4) is 0 Å².